The third-order valence-corrected chi connectivity index (χ3v) is 1.22. The summed E-state index contributed by atoms with van der Waals surface area (Å²) in [5.41, 5.74) is 0. The van der Waals surface area contributed by atoms with Crippen molar-refractivity contribution < 1.29 is 5.11 Å². The van der Waals surface area contributed by atoms with E-state index in [4.69, 9.17) is 5.11 Å². The van der Waals surface area contributed by atoms with Crippen molar-refractivity contribution in [1.82, 2.24) is 4.98 Å². The summed E-state index contributed by atoms with van der Waals surface area (Å²) in [6.07, 6.45) is 3.59. The number of aliphatic hydroxyl groups excluding tert-OH is 1. The van der Waals surface area contributed by atoms with Crippen LogP contribution in [0.15, 0.2) is 24.5 Å². The maximum absolute atomic E-state index is 7.00. The number of hydrogen-bond acceptors (Lipinski definition) is 2. The first-order chi connectivity index (χ1) is 4.39. The van der Waals surface area contributed by atoms with Gasteiger partial charge in [-0.25, -0.2) is 0 Å². The fourth-order valence-electron chi connectivity index (χ4n) is 0.383. The van der Waals surface area contributed by atoms with E-state index < -0.39 is 0 Å². The topological polar surface area (TPSA) is 33.1 Å². The van der Waals surface area contributed by atoms with Crippen molar-refractivity contribution >= 4 is 37.8 Å². The molecule has 0 aliphatic heterocycles. The molecule has 0 aliphatic rings. The summed E-state index contributed by atoms with van der Waals surface area (Å²) >= 11 is 1.86. The molecule has 1 aromatic heterocycles. The molecule has 0 aliphatic carbocycles. The van der Waals surface area contributed by atoms with Crippen LogP contribution in [0.3, 0.4) is 0 Å². The van der Waals surface area contributed by atoms with Gasteiger partial charge in [0, 0.05) is 31.6 Å². The van der Waals surface area contributed by atoms with Crippen LogP contribution in [-0.2, 0) is 0 Å². The molecule has 0 saturated carbocycles. The molecule has 1 aromatic rings. The van der Waals surface area contributed by atoms with Gasteiger partial charge in [0.15, 0.2) is 0 Å². The van der Waals surface area contributed by atoms with Gasteiger partial charge in [-0.1, -0.05) is 0 Å². The van der Waals surface area contributed by atoms with Gasteiger partial charge in [0.2, 0.25) is 0 Å². The Labute approximate surface area is 79.5 Å². The number of rotatable bonds is 0. The van der Waals surface area contributed by atoms with Crippen molar-refractivity contribution in [3.8, 4) is 0 Å². The first kappa shape index (κ1) is 12.8. The zero-order valence-corrected chi connectivity index (χ0v) is 8.05. The molecule has 0 bridgehead atoms. The second-order valence-electron chi connectivity index (χ2n) is 1.36. The van der Waals surface area contributed by atoms with Crippen molar-refractivity contribution in [2.75, 3.05) is 7.11 Å². The highest BCUT2D eigenvalue weighted by molar-refractivity contribution is 6.32. The van der Waals surface area contributed by atoms with Gasteiger partial charge >= 0.3 is 25.4 Å². The van der Waals surface area contributed by atoms with Gasteiger partial charge in [0.25, 0.3) is 0 Å². The van der Waals surface area contributed by atoms with Gasteiger partial charge in [0.05, 0.1) is 0 Å². The molecule has 0 aromatic carbocycles. The summed E-state index contributed by atoms with van der Waals surface area (Å²) < 4.78 is 1.29. The van der Waals surface area contributed by atoms with E-state index >= 15 is 0 Å². The Hall–Kier alpha value is 0.166. The van der Waals surface area contributed by atoms with Crippen LogP contribution >= 0.6 is 12.4 Å². The molecule has 10 heavy (non-hydrogen) atoms. The summed E-state index contributed by atoms with van der Waals surface area (Å²) in [7, 11) is 1.00. The molecule has 2 nitrogen and oxygen atoms in total. The molecular formula is C6H9ClMgNO+2. The molecule has 0 atom stereocenters. The van der Waals surface area contributed by atoms with E-state index in [-0.39, 0.29) is 12.4 Å². The molecule has 0 spiro atoms. The average Bonchev–Trinajstić information content (AvgIpc) is 1.94. The highest BCUT2D eigenvalue weighted by Crippen LogP contribution is 1.69. The second-order valence-corrected chi connectivity index (χ2v) is 2.17. The van der Waals surface area contributed by atoms with Gasteiger partial charge in [-0.05, 0) is 0 Å². The average molecular weight is 171 g/mol. The fourth-order valence-corrected chi connectivity index (χ4v) is 0.594. The normalized spacial score (nSPS) is 6.70. The SMILES string of the molecule is CO.Cl.[Mg+2][c]1ccncc1. The highest BCUT2D eigenvalue weighted by Gasteiger charge is 2.29. The van der Waals surface area contributed by atoms with E-state index in [0.29, 0.717) is 0 Å². The minimum atomic E-state index is 0. The van der Waals surface area contributed by atoms with Crippen molar-refractivity contribution in [3.63, 3.8) is 0 Å². The minimum absolute atomic E-state index is 0. The van der Waals surface area contributed by atoms with E-state index in [0.717, 1.165) is 7.11 Å². The summed E-state index contributed by atoms with van der Waals surface area (Å²) in [4.78, 5) is 3.85. The Bertz CT molecular complexity index is 148. The van der Waals surface area contributed by atoms with Crippen LogP contribution in [0.2, 0.25) is 0 Å². The molecule has 0 saturated heterocycles. The van der Waals surface area contributed by atoms with E-state index in [1.165, 1.54) is 3.69 Å². The summed E-state index contributed by atoms with van der Waals surface area (Å²) in [6, 6.07) is 3.97. The van der Waals surface area contributed by atoms with Crippen molar-refractivity contribution in [1.29, 1.82) is 0 Å². The Morgan fingerprint density at radius 3 is 1.90 bits per heavy atom. The number of pyridine rings is 1. The van der Waals surface area contributed by atoms with E-state index in [1.807, 2.05) is 33.8 Å². The lowest BCUT2D eigenvalue weighted by atomic mass is 10.5. The van der Waals surface area contributed by atoms with Crippen molar-refractivity contribution in [3.05, 3.63) is 24.5 Å². The van der Waals surface area contributed by atoms with Gasteiger partial charge in [-0.2, -0.15) is 0 Å². The summed E-state index contributed by atoms with van der Waals surface area (Å²) in [5, 5.41) is 7.00. The molecule has 4 heteroatoms. The molecular weight excluding hydrogens is 162 g/mol. The third kappa shape index (κ3) is 6.29. The van der Waals surface area contributed by atoms with Gasteiger partial charge in [0.1, 0.15) is 0 Å². The number of nitrogens with zero attached hydrogens (tertiary/aromatic N) is 1. The van der Waals surface area contributed by atoms with Crippen LogP contribution in [0.25, 0.3) is 0 Å². The van der Waals surface area contributed by atoms with Crippen LogP contribution in [-0.4, -0.2) is 38.9 Å². The lowest BCUT2D eigenvalue weighted by molar-refractivity contribution is 0.399. The predicted octanol–water partition coefficient (Wildman–Crippen LogP) is -0.0943. The minimum Gasteiger partial charge on any atom is -0.400 e. The lowest BCUT2D eigenvalue weighted by Crippen LogP contribution is -1.98. The zero-order valence-electron chi connectivity index (χ0n) is 5.82. The van der Waals surface area contributed by atoms with Gasteiger partial charge in [-0.15, -0.1) is 12.4 Å². The maximum Gasteiger partial charge on any atom is 1.47 e. The molecule has 1 rings (SSSR count). The Balaban J connectivity index is 0. The smallest absolute Gasteiger partial charge is 0.400 e. The van der Waals surface area contributed by atoms with Crippen LogP contribution < -0.4 is 3.69 Å². The Kier molecular flexibility index (Phi) is 11.7. The quantitative estimate of drug-likeness (QED) is 0.553. The standard InChI is InChI=1S/C5H4N.CH4O.ClH.Mg/c1-2-4-6-5-3-1;1-2;;/h2-5H;2H,1H3;1H;/q;;;+2. The predicted molar refractivity (Wildman–Crippen MR) is 45.0 cm³/mol. The molecule has 0 fully saturated rings. The van der Waals surface area contributed by atoms with Crippen LogP contribution in [0, 0.1) is 0 Å². The number of aliphatic hydroxyl groups is 1. The molecule has 7 radical (unpaired) electrons. The Morgan fingerprint density at radius 2 is 1.70 bits per heavy atom. The second kappa shape index (κ2) is 9.17. The lowest BCUT2D eigenvalue weighted by Gasteiger charge is -1.66. The van der Waals surface area contributed by atoms with Crippen LogP contribution in [0.1, 0.15) is 0 Å². The summed E-state index contributed by atoms with van der Waals surface area (Å²) in [6.45, 7) is 0. The molecule has 1 heterocycles. The number of hydrogen-bond donors (Lipinski definition) is 1. The monoisotopic (exact) mass is 170 g/mol. The number of halogens is 1. The van der Waals surface area contributed by atoms with E-state index in [1.54, 1.807) is 12.4 Å². The maximum atomic E-state index is 7.00. The van der Waals surface area contributed by atoms with Gasteiger partial charge < -0.3 is 5.11 Å². The fraction of sp³-hybridized carbons (Fsp3) is 0.167. The van der Waals surface area contributed by atoms with Crippen molar-refractivity contribution in [2.45, 2.75) is 0 Å². The molecule has 51 valence electrons. The first-order valence-electron chi connectivity index (χ1n) is 2.56. The largest absolute Gasteiger partial charge is 1.47 e. The molecule has 1 N–H and O–H groups in total. The summed E-state index contributed by atoms with van der Waals surface area (Å²) in [5.74, 6) is 0. The molecule has 0 unspecified atom stereocenters. The van der Waals surface area contributed by atoms with Crippen molar-refractivity contribution in [2.24, 2.45) is 0 Å². The van der Waals surface area contributed by atoms with Crippen LogP contribution in [0.4, 0.5) is 0 Å². The van der Waals surface area contributed by atoms with E-state index in [2.05, 4.69) is 4.98 Å². The molecule has 0 amide bonds. The first-order valence-corrected chi connectivity index (χ1v) is 3.27. The van der Waals surface area contributed by atoms with Gasteiger partial charge in [-0.3, -0.25) is 4.98 Å². The zero-order chi connectivity index (χ0) is 7.11. The van der Waals surface area contributed by atoms with Crippen LogP contribution in [0.5, 0.6) is 0 Å². The van der Waals surface area contributed by atoms with E-state index in [9.17, 15) is 0 Å². The third-order valence-electron chi connectivity index (χ3n) is 0.749. The highest BCUT2D eigenvalue weighted by atomic mass is 35.5. The Morgan fingerprint density at radius 1 is 1.30 bits per heavy atom. The number of aromatic nitrogens is 1.